The van der Waals surface area contributed by atoms with Crippen molar-refractivity contribution in [1.82, 2.24) is 0 Å². The Morgan fingerprint density at radius 2 is 1.04 bits per heavy atom. The van der Waals surface area contributed by atoms with Crippen molar-refractivity contribution in [2.75, 3.05) is 0 Å². The van der Waals surface area contributed by atoms with E-state index in [-0.39, 0.29) is 25.7 Å². The lowest BCUT2D eigenvalue weighted by atomic mass is 9.84. The first-order chi connectivity index (χ1) is 10.3. The predicted octanol–water partition coefficient (Wildman–Crippen LogP) is 2.62. The van der Waals surface area contributed by atoms with Crippen LogP contribution in [0.1, 0.15) is 66.2 Å². The second-order valence-corrected chi connectivity index (χ2v) is 7.32. The lowest BCUT2D eigenvalue weighted by Crippen LogP contribution is -2.25. The summed E-state index contributed by atoms with van der Waals surface area (Å²) in [6.45, 7) is 6.94. The van der Waals surface area contributed by atoms with Gasteiger partial charge >= 0.3 is 23.9 Å². The number of aliphatic carboxylic acids is 2. The zero-order valence-electron chi connectivity index (χ0n) is 14.2. The molecule has 0 unspecified atom stereocenters. The van der Waals surface area contributed by atoms with Gasteiger partial charge < -0.3 is 14.9 Å². The predicted molar refractivity (Wildman–Crippen MR) is 81.6 cm³/mol. The SMILES string of the molecule is CC(C)(CCC(=O)O)CC(=O)OC(=O)CC(C)(C)CCC(=O)O. The van der Waals surface area contributed by atoms with Crippen molar-refractivity contribution in [3.63, 3.8) is 0 Å². The van der Waals surface area contributed by atoms with Crippen molar-refractivity contribution >= 4 is 23.9 Å². The highest BCUT2D eigenvalue weighted by molar-refractivity contribution is 5.86. The van der Waals surface area contributed by atoms with Gasteiger partial charge in [0.25, 0.3) is 0 Å². The average Bonchev–Trinajstić information content (AvgIpc) is 2.32. The van der Waals surface area contributed by atoms with E-state index < -0.39 is 34.7 Å². The zero-order valence-corrected chi connectivity index (χ0v) is 14.2. The van der Waals surface area contributed by atoms with E-state index in [1.807, 2.05) is 0 Å². The van der Waals surface area contributed by atoms with Crippen LogP contribution in [-0.4, -0.2) is 34.1 Å². The van der Waals surface area contributed by atoms with Crippen molar-refractivity contribution < 1.29 is 34.1 Å². The smallest absolute Gasteiger partial charge is 0.313 e. The Bertz CT molecular complexity index is 421. The number of carboxylic acid groups (broad SMARTS) is 2. The monoisotopic (exact) mass is 330 g/mol. The number of ether oxygens (including phenoxy) is 1. The molecule has 7 heteroatoms. The third kappa shape index (κ3) is 11.3. The van der Waals surface area contributed by atoms with Crippen LogP contribution in [0.2, 0.25) is 0 Å². The number of hydrogen-bond acceptors (Lipinski definition) is 5. The van der Waals surface area contributed by atoms with Crippen molar-refractivity contribution in [1.29, 1.82) is 0 Å². The molecule has 0 aromatic rings. The van der Waals surface area contributed by atoms with Crippen LogP contribution in [0.5, 0.6) is 0 Å². The fraction of sp³-hybridized carbons (Fsp3) is 0.750. The maximum Gasteiger partial charge on any atom is 0.313 e. The summed E-state index contributed by atoms with van der Waals surface area (Å²) < 4.78 is 4.76. The maximum absolute atomic E-state index is 11.8. The van der Waals surface area contributed by atoms with Crippen LogP contribution in [0.4, 0.5) is 0 Å². The van der Waals surface area contributed by atoms with Crippen molar-refractivity contribution in [3.8, 4) is 0 Å². The van der Waals surface area contributed by atoms with Crippen molar-refractivity contribution in [3.05, 3.63) is 0 Å². The lowest BCUT2D eigenvalue weighted by molar-refractivity contribution is -0.163. The molecule has 0 aromatic carbocycles. The third-order valence-corrected chi connectivity index (χ3v) is 3.50. The topological polar surface area (TPSA) is 118 Å². The number of carboxylic acids is 2. The highest BCUT2D eigenvalue weighted by atomic mass is 16.6. The molecule has 0 fully saturated rings. The highest BCUT2D eigenvalue weighted by Gasteiger charge is 2.28. The first-order valence-electron chi connectivity index (χ1n) is 7.50. The van der Waals surface area contributed by atoms with E-state index in [0.29, 0.717) is 12.8 Å². The second kappa shape index (κ2) is 8.64. The number of carbonyl (C=O) groups is 4. The molecule has 0 saturated heterocycles. The second-order valence-electron chi connectivity index (χ2n) is 7.32. The minimum Gasteiger partial charge on any atom is -0.481 e. The number of esters is 2. The Morgan fingerprint density at radius 3 is 1.30 bits per heavy atom. The molecule has 0 aliphatic carbocycles. The molecule has 23 heavy (non-hydrogen) atoms. The van der Waals surface area contributed by atoms with E-state index in [0.717, 1.165) is 0 Å². The standard InChI is InChI=1S/C16H26O7/c1-15(2,7-5-11(17)18)9-13(21)23-14(22)10-16(3,4)8-6-12(19)20/h5-10H2,1-4H3,(H,17,18)(H,19,20). The van der Waals surface area contributed by atoms with Crippen LogP contribution in [-0.2, 0) is 23.9 Å². The van der Waals surface area contributed by atoms with Crippen molar-refractivity contribution in [2.45, 2.75) is 66.2 Å². The van der Waals surface area contributed by atoms with Gasteiger partial charge in [0.05, 0.1) is 12.8 Å². The van der Waals surface area contributed by atoms with Gasteiger partial charge in [-0.2, -0.15) is 0 Å². The van der Waals surface area contributed by atoms with Gasteiger partial charge in [0.15, 0.2) is 0 Å². The van der Waals surface area contributed by atoms with E-state index in [4.69, 9.17) is 14.9 Å². The molecular formula is C16H26O7. The van der Waals surface area contributed by atoms with Gasteiger partial charge in [-0.1, -0.05) is 27.7 Å². The minimum absolute atomic E-state index is 0.0540. The zero-order chi connectivity index (χ0) is 18.3. The fourth-order valence-corrected chi connectivity index (χ4v) is 2.05. The minimum atomic E-state index is -0.942. The Balaban J connectivity index is 4.36. The molecule has 0 rings (SSSR count). The molecule has 0 aromatic heterocycles. The fourth-order valence-electron chi connectivity index (χ4n) is 2.05. The highest BCUT2D eigenvalue weighted by Crippen LogP contribution is 2.29. The lowest BCUT2D eigenvalue weighted by Gasteiger charge is -2.24. The quantitative estimate of drug-likeness (QED) is 0.467. The largest absolute Gasteiger partial charge is 0.481 e. The number of rotatable bonds is 10. The van der Waals surface area contributed by atoms with E-state index in [1.165, 1.54) is 0 Å². The van der Waals surface area contributed by atoms with Crippen LogP contribution < -0.4 is 0 Å². The first-order valence-corrected chi connectivity index (χ1v) is 7.50. The molecule has 0 aliphatic heterocycles. The summed E-state index contributed by atoms with van der Waals surface area (Å²) in [5, 5.41) is 17.3. The van der Waals surface area contributed by atoms with Gasteiger partial charge in [-0.05, 0) is 23.7 Å². The van der Waals surface area contributed by atoms with Crippen LogP contribution >= 0.6 is 0 Å². The van der Waals surface area contributed by atoms with E-state index in [1.54, 1.807) is 27.7 Å². The van der Waals surface area contributed by atoms with Crippen LogP contribution in [0.25, 0.3) is 0 Å². The van der Waals surface area contributed by atoms with E-state index >= 15 is 0 Å². The molecule has 2 N–H and O–H groups in total. The molecule has 0 saturated carbocycles. The first kappa shape index (κ1) is 21.1. The van der Waals surface area contributed by atoms with Crippen LogP contribution in [0, 0.1) is 10.8 Å². The summed E-state index contributed by atoms with van der Waals surface area (Å²) >= 11 is 0. The summed E-state index contributed by atoms with van der Waals surface area (Å²) in [4.78, 5) is 44.7. The molecular weight excluding hydrogens is 304 g/mol. The molecule has 0 spiro atoms. The molecule has 0 radical (unpaired) electrons. The summed E-state index contributed by atoms with van der Waals surface area (Å²) in [7, 11) is 0. The molecule has 0 bridgehead atoms. The van der Waals surface area contributed by atoms with Gasteiger partial charge in [-0.15, -0.1) is 0 Å². The van der Waals surface area contributed by atoms with Gasteiger partial charge in [-0.3, -0.25) is 19.2 Å². The molecule has 132 valence electrons. The van der Waals surface area contributed by atoms with Gasteiger partial charge in [0.1, 0.15) is 0 Å². The van der Waals surface area contributed by atoms with Crippen molar-refractivity contribution in [2.24, 2.45) is 10.8 Å². The number of carbonyl (C=O) groups excluding carboxylic acids is 2. The Labute approximate surface area is 136 Å². The maximum atomic E-state index is 11.8. The van der Waals surface area contributed by atoms with Crippen LogP contribution in [0.15, 0.2) is 0 Å². The number of hydrogen-bond donors (Lipinski definition) is 2. The van der Waals surface area contributed by atoms with Gasteiger partial charge in [0.2, 0.25) is 0 Å². The third-order valence-electron chi connectivity index (χ3n) is 3.50. The summed E-state index contributed by atoms with van der Waals surface area (Å²) in [6, 6.07) is 0. The summed E-state index contributed by atoms with van der Waals surface area (Å²) in [5.74, 6) is -3.27. The molecule has 0 atom stereocenters. The summed E-state index contributed by atoms with van der Waals surface area (Å²) in [6.07, 6.45) is 0.376. The van der Waals surface area contributed by atoms with E-state index in [2.05, 4.69) is 0 Å². The Morgan fingerprint density at radius 1 is 0.739 bits per heavy atom. The normalized spacial score (nSPS) is 11.8. The van der Waals surface area contributed by atoms with Crippen LogP contribution in [0.3, 0.4) is 0 Å². The van der Waals surface area contributed by atoms with Gasteiger partial charge in [-0.25, -0.2) is 0 Å². The molecule has 7 nitrogen and oxygen atoms in total. The molecule has 0 aliphatic rings. The molecule has 0 amide bonds. The Kier molecular flexibility index (Phi) is 7.92. The van der Waals surface area contributed by atoms with E-state index in [9.17, 15) is 19.2 Å². The molecule has 0 heterocycles. The van der Waals surface area contributed by atoms with Gasteiger partial charge in [0, 0.05) is 12.8 Å². The average molecular weight is 330 g/mol. The Hall–Kier alpha value is -1.92. The summed E-state index contributed by atoms with van der Waals surface area (Å²) in [5.41, 5.74) is -1.15.